The van der Waals surface area contributed by atoms with Gasteiger partial charge >= 0.3 is 0 Å². The lowest BCUT2D eigenvalue weighted by molar-refractivity contribution is 0.198. The summed E-state index contributed by atoms with van der Waals surface area (Å²) in [6.45, 7) is 1.43. The Morgan fingerprint density at radius 2 is 1.84 bits per heavy atom. The summed E-state index contributed by atoms with van der Waals surface area (Å²) in [5.74, 6) is 0.729. The minimum Gasteiger partial charge on any atom is -0.493 e. The Morgan fingerprint density at radius 3 is 2.32 bits per heavy atom. The highest BCUT2D eigenvalue weighted by molar-refractivity contribution is 9.10. The van der Waals surface area contributed by atoms with Gasteiger partial charge < -0.3 is 14.6 Å². The Morgan fingerprint density at radius 1 is 1.32 bits per heavy atom. The zero-order chi connectivity index (χ0) is 14.6. The van der Waals surface area contributed by atoms with Crippen LogP contribution in [0.2, 0.25) is 0 Å². The molecule has 0 aliphatic rings. The van der Waals surface area contributed by atoms with E-state index in [4.69, 9.17) is 14.6 Å². The van der Waals surface area contributed by atoms with Crippen LogP contribution in [-0.2, 0) is 10.0 Å². The van der Waals surface area contributed by atoms with Crippen molar-refractivity contribution in [3.8, 4) is 11.5 Å². The van der Waals surface area contributed by atoms with Crippen LogP contribution in [0.15, 0.2) is 21.5 Å². The van der Waals surface area contributed by atoms with Gasteiger partial charge in [-0.3, -0.25) is 0 Å². The average Bonchev–Trinajstić information content (AvgIpc) is 2.35. The number of benzene rings is 1. The number of nitrogens with one attached hydrogen (secondary N) is 1. The van der Waals surface area contributed by atoms with Crippen molar-refractivity contribution < 1.29 is 23.0 Å². The largest absolute Gasteiger partial charge is 0.493 e. The number of hydrogen-bond acceptors (Lipinski definition) is 5. The molecule has 0 unspecified atom stereocenters. The van der Waals surface area contributed by atoms with Crippen molar-refractivity contribution in [3.05, 3.63) is 16.6 Å². The first kappa shape index (κ1) is 16.2. The predicted molar refractivity (Wildman–Crippen MR) is 74.1 cm³/mol. The lowest BCUT2D eigenvalue weighted by Crippen LogP contribution is -2.30. The Bertz CT molecular complexity index is 544. The molecule has 0 aliphatic heterocycles. The summed E-state index contributed by atoms with van der Waals surface area (Å²) in [7, 11) is -0.852. The smallest absolute Gasteiger partial charge is 0.241 e. The van der Waals surface area contributed by atoms with Gasteiger partial charge in [-0.1, -0.05) is 0 Å². The molecule has 0 fully saturated rings. The standard InChI is InChI=1S/C11H16BrNO5S/c1-7(14)6-13-19(15,16)11-5-10(18-3)9(17-2)4-8(11)12/h4-5,7,13-14H,6H2,1-3H3/t7-/m0/s1. The number of aliphatic hydroxyl groups is 1. The van der Waals surface area contributed by atoms with E-state index in [1.54, 1.807) is 0 Å². The summed E-state index contributed by atoms with van der Waals surface area (Å²) in [4.78, 5) is 0.0193. The second-order valence-corrected chi connectivity index (χ2v) is 6.43. The van der Waals surface area contributed by atoms with Crippen molar-refractivity contribution in [1.29, 1.82) is 0 Å². The zero-order valence-electron chi connectivity index (χ0n) is 10.8. The molecule has 108 valence electrons. The highest BCUT2D eigenvalue weighted by Gasteiger charge is 2.21. The van der Waals surface area contributed by atoms with E-state index in [2.05, 4.69) is 20.7 Å². The number of ether oxygens (including phenoxy) is 2. The highest BCUT2D eigenvalue weighted by Crippen LogP contribution is 2.35. The van der Waals surface area contributed by atoms with E-state index >= 15 is 0 Å². The third-order valence-corrected chi connectivity index (χ3v) is 4.68. The van der Waals surface area contributed by atoms with Crippen LogP contribution in [0.4, 0.5) is 0 Å². The number of hydrogen-bond donors (Lipinski definition) is 2. The van der Waals surface area contributed by atoms with E-state index in [1.165, 1.54) is 33.3 Å². The molecule has 0 radical (unpaired) electrons. The van der Waals surface area contributed by atoms with Crippen LogP contribution in [0.25, 0.3) is 0 Å². The van der Waals surface area contributed by atoms with Gasteiger partial charge in [0.2, 0.25) is 10.0 Å². The van der Waals surface area contributed by atoms with Gasteiger partial charge in [0.1, 0.15) is 4.90 Å². The van der Waals surface area contributed by atoms with Crippen molar-refractivity contribution in [2.45, 2.75) is 17.9 Å². The highest BCUT2D eigenvalue weighted by atomic mass is 79.9. The van der Waals surface area contributed by atoms with Crippen LogP contribution >= 0.6 is 15.9 Å². The number of rotatable bonds is 6. The minimum atomic E-state index is -3.74. The van der Waals surface area contributed by atoms with Crippen LogP contribution in [0.1, 0.15) is 6.92 Å². The first-order chi connectivity index (χ1) is 8.81. The van der Waals surface area contributed by atoms with Gasteiger partial charge in [0, 0.05) is 17.1 Å². The van der Waals surface area contributed by atoms with Crippen LogP contribution in [-0.4, -0.2) is 40.4 Å². The average molecular weight is 354 g/mol. The monoisotopic (exact) mass is 353 g/mol. The molecular weight excluding hydrogens is 338 g/mol. The van der Waals surface area contributed by atoms with Crippen molar-refractivity contribution in [2.75, 3.05) is 20.8 Å². The molecule has 1 aromatic carbocycles. The molecule has 0 heterocycles. The number of halogens is 1. The molecule has 0 saturated carbocycles. The second-order valence-electron chi connectivity index (χ2n) is 3.84. The molecule has 1 atom stereocenters. The maximum atomic E-state index is 12.1. The Labute approximate surface area is 120 Å². The molecule has 6 nitrogen and oxygen atoms in total. The van der Waals surface area contributed by atoms with Gasteiger partial charge in [-0.25, -0.2) is 13.1 Å². The Balaban J connectivity index is 3.19. The SMILES string of the molecule is COc1cc(Br)c(S(=O)(=O)NC[C@H](C)O)cc1OC. The molecule has 8 heteroatoms. The number of sulfonamides is 1. The fourth-order valence-corrected chi connectivity index (χ4v) is 3.51. The van der Waals surface area contributed by atoms with E-state index in [-0.39, 0.29) is 11.4 Å². The number of aliphatic hydroxyl groups excluding tert-OH is 1. The van der Waals surface area contributed by atoms with E-state index < -0.39 is 16.1 Å². The molecule has 0 saturated heterocycles. The van der Waals surface area contributed by atoms with Gasteiger partial charge in [-0.05, 0) is 28.9 Å². The molecule has 0 bridgehead atoms. The minimum absolute atomic E-state index is 0.0193. The Kier molecular flexibility index (Phi) is 5.60. The normalized spacial score (nSPS) is 13.1. The van der Waals surface area contributed by atoms with Gasteiger partial charge in [0.05, 0.1) is 20.3 Å². The maximum absolute atomic E-state index is 12.1. The topological polar surface area (TPSA) is 84.9 Å². The van der Waals surface area contributed by atoms with Crippen LogP contribution in [0, 0.1) is 0 Å². The van der Waals surface area contributed by atoms with Gasteiger partial charge in [0.25, 0.3) is 0 Å². The quantitative estimate of drug-likeness (QED) is 0.800. The van der Waals surface area contributed by atoms with E-state index in [0.29, 0.717) is 16.0 Å². The third kappa shape index (κ3) is 4.07. The van der Waals surface area contributed by atoms with E-state index in [1.807, 2.05) is 0 Å². The van der Waals surface area contributed by atoms with E-state index in [9.17, 15) is 8.42 Å². The molecular formula is C11H16BrNO5S. The molecule has 0 aromatic heterocycles. The lowest BCUT2D eigenvalue weighted by atomic mass is 10.3. The van der Waals surface area contributed by atoms with Crippen LogP contribution < -0.4 is 14.2 Å². The van der Waals surface area contributed by atoms with Crippen molar-refractivity contribution in [1.82, 2.24) is 4.72 Å². The van der Waals surface area contributed by atoms with Gasteiger partial charge in [-0.15, -0.1) is 0 Å². The summed E-state index contributed by atoms with van der Waals surface area (Å²) < 4.78 is 36.9. The zero-order valence-corrected chi connectivity index (χ0v) is 13.2. The fraction of sp³-hybridized carbons (Fsp3) is 0.455. The summed E-state index contributed by atoms with van der Waals surface area (Å²) in [6.07, 6.45) is -0.770. The second kappa shape index (κ2) is 6.56. The molecule has 2 N–H and O–H groups in total. The first-order valence-corrected chi connectivity index (χ1v) is 7.68. The van der Waals surface area contributed by atoms with Gasteiger partial charge in [-0.2, -0.15) is 0 Å². The van der Waals surface area contributed by atoms with Crippen LogP contribution in [0.5, 0.6) is 11.5 Å². The van der Waals surface area contributed by atoms with Crippen LogP contribution in [0.3, 0.4) is 0 Å². The summed E-state index contributed by atoms with van der Waals surface area (Å²) in [5.41, 5.74) is 0. The molecule has 1 aromatic rings. The van der Waals surface area contributed by atoms with Gasteiger partial charge in [0.15, 0.2) is 11.5 Å². The summed E-state index contributed by atoms with van der Waals surface area (Å²) in [5, 5.41) is 9.13. The van der Waals surface area contributed by atoms with Crippen molar-refractivity contribution in [3.63, 3.8) is 0 Å². The number of methoxy groups -OCH3 is 2. The molecule has 19 heavy (non-hydrogen) atoms. The molecule has 1 rings (SSSR count). The predicted octanol–water partition coefficient (Wildman–Crippen LogP) is 1.13. The van der Waals surface area contributed by atoms with Crippen molar-refractivity contribution >= 4 is 26.0 Å². The first-order valence-electron chi connectivity index (χ1n) is 5.41. The Hall–Kier alpha value is -0.830. The molecule has 0 spiro atoms. The van der Waals surface area contributed by atoms with Crippen molar-refractivity contribution in [2.24, 2.45) is 0 Å². The fourth-order valence-electron chi connectivity index (χ4n) is 1.35. The summed E-state index contributed by atoms with van der Waals surface area (Å²) >= 11 is 3.18. The molecule has 0 aliphatic carbocycles. The summed E-state index contributed by atoms with van der Waals surface area (Å²) in [6, 6.07) is 2.86. The third-order valence-electron chi connectivity index (χ3n) is 2.30. The lowest BCUT2D eigenvalue weighted by Gasteiger charge is -2.13. The van der Waals surface area contributed by atoms with E-state index in [0.717, 1.165) is 0 Å². The molecule has 0 amide bonds. The maximum Gasteiger partial charge on any atom is 0.241 e.